The third kappa shape index (κ3) is 3.72. The average molecular weight is 661 g/mol. The average Bonchev–Trinajstić information content (AvgIpc) is 3.58. The van der Waals surface area contributed by atoms with E-state index in [0.717, 1.165) is 11.1 Å². The molecule has 0 unspecified atom stereocenters. The minimum absolute atomic E-state index is 0.218. The lowest BCUT2D eigenvalue weighted by molar-refractivity contribution is -0.130. The number of rotatable bonds is 5. The van der Waals surface area contributed by atoms with E-state index in [1.807, 2.05) is 84.9 Å². The van der Waals surface area contributed by atoms with Gasteiger partial charge in [0.25, 0.3) is 0 Å². The molecule has 2 bridgehead atoms. The highest BCUT2D eigenvalue weighted by Crippen LogP contribution is 2.74. The second-order valence-corrected chi connectivity index (χ2v) is 13.2. The molecule has 5 aromatic carbocycles. The third-order valence-electron chi connectivity index (χ3n) is 9.78. The van der Waals surface area contributed by atoms with Crippen molar-refractivity contribution in [3.05, 3.63) is 171 Å². The fraction of sp³-hybridized carbons (Fsp3) is 0.103. The molecular weight excluding hydrogens is 637 g/mol. The molecule has 0 aromatic heterocycles. The Morgan fingerprint density at radius 2 is 0.913 bits per heavy atom. The van der Waals surface area contributed by atoms with E-state index in [1.54, 1.807) is 48.5 Å². The summed E-state index contributed by atoms with van der Waals surface area (Å²) < 4.78 is 0. The zero-order chi connectivity index (χ0) is 31.8. The molecule has 1 saturated carbocycles. The normalized spacial score (nSPS) is 25.0. The van der Waals surface area contributed by atoms with Gasteiger partial charge < -0.3 is 0 Å². The van der Waals surface area contributed by atoms with Crippen LogP contribution >= 0.6 is 34.8 Å². The number of carbonyl (C=O) groups excluding carboxylic acids is 3. The van der Waals surface area contributed by atoms with Crippen molar-refractivity contribution >= 4 is 69.2 Å². The van der Waals surface area contributed by atoms with Crippen LogP contribution in [0.15, 0.2) is 133 Å². The summed E-state index contributed by atoms with van der Waals surface area (Å²) >= 11 is 19.2. The van der Waals surface area contributed by atoms with Crippen LogP contribution < -0.4 is 4.90 Å². The van der Waals surface area contributed by atoms with Gasteiger partial charge >= 0.3 is 0 Å². The molecule has 8 rings (SSSR count). The van der Waals surface area contributed by atoms with E-state index in [4.69, 9.17) is 34.8 Å². The number of benzene rings is 5. The number of fused-ring (bicyclic) bond motifs is 5. The molecule has 5 aromatic rings. The maximum Gasteiger partial charge on any atom is 0.239 e. The van der Waals surface area contributed by atoms with E-state index in [0.29, 0.717) is 43.0 Å². The number of ketones is 1. The molecule has 1 aliphatic heterocycles. The Hall–Kier alpha value is -4.48. The minimum Gasteiger partial charge on any atom is -0.297 e. The smallest absolute Gasteiger partial charge is 0.239 e. The highest BCUT2D eigenvalue weighted by atomic mass is 35.5. The quantitative estimate of drug-likeness (QED) is 0.177. The Kier molecular flexibility index (Phi) is 6.63. The van der Waals surface area contributed by atoms with Crippen LogP contribution in [-0.2, 0) is 25.2 Å². The molecule has 0 N–H and O–H groups in total. The van der Waals surface area contributed by atoms with Crippen molar-refractivity contribution < 1.29 is 14.4 Å². The van der Waals surface area contributed by atoms with Crippen molar-refractivity contribution in [1.29, 1.82) is 0 Å². The molecular formula is C39H24Cl3NO3. The van der Waals surface area contributed by atoms with Crippen molar-refractivity contribution in [2.45, 2.75) is 10.8 Å². The van der Waals surface area contributed by atoms with E-state index in [1.165, 1.54) is 4.90 Å². The van der Waals surface area contributed by atoms with Gasteiger partial charge in [0.15, 0.2) is 5.78 Å². The van der Waals surface area contributed by atoms with E-state index >= 15 is 4.79 Å². The molecule has 46 heavy (non-hydrogen) atoms. The van der Waals surface area contributed by atoms with Gasteiger partial charge in [-0.15, -0.1) is 0 Å². The lowest BCUT2D eigenvalue weighted by Crippen LogP contribution is -2.45. The largest absolute Gasteiger partial charge is 0.297 e. The molecule has 0 radical (unpaired) electrons. The van der Waals surface area contributed by atoms with Crippen LogP contribution in [0.1, 0.15) is 22.3 Å². The highest BCUT2D eigenvalue weighted by Gasteiger charge is 2.82. The van der Waals surface area contributed by atoms with E-state index < -0.39 is 34.5 Å². The SMILES string of the molecule is O=C1[C@H]2[C@H](C(=O)N1c1cccc(Cl)c1)[C@@]1(c3ccc(Cl)cc3)C(=O)[C@@]2(c2ccc(Cl)cc2)C(c2ccccc2)=C1c1ccccc1. The van der Waals surface area contributed by atoms with Gasteiger partial charge in [0, 0.05) is 15.1 Å². The van der Waals surface area contributed by atoms with Crippen molar-refractivity contribution in [1.82, 2.24) is 0 Å². The number of Topliss-reactive ketones (excluding diaryl/α,β-unsaturated/α-hetero) is 1. The second-order valence-electron chi connectivity index (χ2n) is 11.9. The predicted octanol–water partition coefficient (Wildman–Crippen LogP) is 8.84. The number of hydrogen-bond acceptors (Lipinski definition) is 3. The fourth-order valence-corrected chi connectivity index (χ4v) is 8.66. The van der Waals surface area contributed by atoms with Gasteiger partial charge in [-0.25, -0.2) is 4.90 Å². The summed E-state index contributed by atoms with van der Waals surface area (Å²) in [6.45, 7) is 0. The molecule has 0 spiro atoms. The number of carbonyl (C=O) groups is 3. The number of nitrogens with zero attached hydrogens (tertiary/aromatic N) is 1. The van der Waals surface area contributed by atoms with Gasteiger partial charge in [0.05, 0.1) is 28.4 Å². The summed E-state index contributed by atoms with van der Waals surface area (Å²) in [7, 11) is 0. The van der Waals surface area contributed by atoms with E-state index in [-0.39, 0.29) is 5.78 Å². The number of imide groups is 1. The first-order valence-electron chi connectivity index (χ1n) is 14.9. The number of hydrogen-bond donors (Lipinski definition) is 0. The van der Waals surface area contributed by atoms with Crippen molar-refractivity contribution in [2.75, 3.05) is 4.90 Å². The summed E-state index contributed by atoms with van der Waals surface area (Å²) in [5, 5.41) is 1.38. The van der Waals surface area contributed by atoms with Crippen molar-refractivity contribution in [2.24, 2.45) is 11.8 Å². The molecule has 1 saturated heterocycles. The Balaban J connectivity index is 1.56. The lowest BCUT2D eigenvalue weighted by Gasteiger charge is -2.39. The zero-order valence-electron chi connectivity index (χ0n) is 24.2. The number of anilines is 1. The van der Waals surface area contributed by atoms with Crippen LogP contribution in [0.2, 0.25) is 15.1 Å². The molecule has 3 aliphatic rings. The number of amides is 2. The molecule has 1 heterocycles. The lowest BCUT2D eigenvalue weighted by atomic mass is 9.59. The molecule has 2 fully saturated rings. The Labute approximate surface area is 280 Å². The van der Waals surface area contributed by atoms with E-state index in [9.17, 15) is 9.59 Å². The summed E-state index contributed by atoms with van der Waals surface area (Å²) in [5.41, 5.74) is 1.51. The fourth-order valence-electron chi connectivity index (χ4n) is 8.23. The zero-order valence-corrected chi connectivity index (χ0v) is 26.4. The Morgan fingerprint density at radius 3 is 1.33 bits per heavy atom. The standard InChI is InChI=1S/C39H24Cl3NO3/c40-27-18-14-25(15-19-27)38-31(23-8-3-1-4-9-23)32(24-10-5-2-6-11-24)39(37(38)46,26-16-20-28(41)21-17-26)34-33(38)35(44)43(36(34)45)30-13-7-12-29(42)22-30/h1-22,33-34H/t33-,34-,38+,39+/m1/s1. The summed E-state index contributed by atoms with van der Waals surface area (Å²) in [6.07, 6.45) is 0. The Morgan fingerprint density at radius 1 is 0.478 bits per heavy atom. The first kappa shape index (κ1) is 29.0. The molecule has 2 aliphatic carbocycles. The first-order chi connectivity index (χ1) is 22.3. The van der Waals surface area contributed by atoms with Gasteiger partial charge in [0.1, 0.15) is 0 Å². The third-order valence-corrected chi connectivity index (χ3v) is 10.5. The van der Waals surface area contributed by atoms with Crippen LogP contribution in [0.25, 0.3) is 11.1 Å². The first-order valence-corrected chi connectivity index (χ1v) is 16.0. The van der Waals surface area contributed by atoms with Crippen LogP contribution in [0.3, 0.4) is 0 Å². The molecule has 2 amide bonds. The maximum absolute atomic E-state index is 15.9. The molecule has 7 heteroatoms. The summed E-state index contributed by atoms with van der Waals surface area (Å²) in [4.78, 5) is 47.1. The van der Waals surface area contributed by atoms with Gasteiger partial charge in [-0.2, -0.15) is 0 Å². The topological polar surface area (TPSA) is 54.5 Å². The van der Waals surface area contributed by atoms with Gasteiger partial charge in [-0.3, -0.25) is 14.4 Å². The Bertz CT molecular complexity index is 1970. The van der Waals surface area contributed by atoms with Gasteiger partial charge in [-0.05, 0) is 75.9 Å². The van der Waals surface area contributed by atoms with Crippen molar-refractivity contribution in [3.63, 3.8) is 0 Å². The van der Waals surface area contributed by atoms with E-state index in [2.05, 4.69) is 0 Å². The summed E-state index contributed by atoms with van der Waals surface area (Å²) in [6, 6.07) is 40.2. The molecule has 4 nitrogen and oxygen atoms in total. The minimum atomic E-state index is -1.53. The molecule has 224 valence electrons. The van der Waals surface area contributed by atoms with Crippen LogP contribution in [0, 0.1) is 11.8 Å². The van der Waals surface area contributed by atoms with Crippen LogP contribution in [0.5, 0.6) is 0 Å². The van der Waals surface area contributed by atoms with Crippen LogP contribution in [0.4, 0.5) is 5.69 Å². The van der Waals surface area contributed by atoms with Gasteiger partial charge in [0.2, 0.25) is 11.8 Å². The summed E-state index contributed by atoms with van der Waals surface area (Å²) in [5.74, 6) is -3.21. The second kappa shape index (κ2) is 10.5. The predicted molar refractivity (Wildman–Crippen MR) is 182 cm³/mol. The van der Waals surface area contributed by atoms with Crippen LogP contribution in [-0.4, -0.2) is 17.6 Å². The monoisotopic (exact) mass is 659 g/mol. The van der Waals surface area contributed by atoms with Gasteiger partial charge in [-0.1, -0.05) is 126 Å². The highest BCUT2D eigenvalue weighted by molar-refractivity contribution is 6.39. The number of allylic oxidation sites excluding steroid dienone is 2. The van der Waals surface area contributed by atoms with Crippen molar-refractivity contribution in [3.8, 4) is 0 Å². The number of halogens is 3. The molecule has 4 atom stereocenters. The maximum atomic E-state index is 15.9.